The van der Waals surface area contributed by atoms with Crippen molar-refractivity contribution in [3.05, 3.63) is 16.8 Å². The second-order valence-electron chi connectivity index (χ2n) is 4.38. The summed E-state index contributed by atoms with van der Waals surface area (Å²) < 4.78 is 10.4. The number of rotatable bonds is 8. The standard InChI is InChI=1S/C14H21N3O2S/c1-4-10-9-11-13(15-2)16-12(17-14(11)20-10)5-6-19-8-7-18-3/h9H,4-8H2,1-3H3,(H,15,16,17). The molecular formula is C14H21N3O2S. The molecule has 0 unspecified atom stereocenters. The van der Waals surface area contributed by atoms with Crippen LogP contribution < -0.4 is 5.32 Å². The van der Waals surface area contributed by atoms with Gasteiger partial charge in [-0.05, 0) is 12.5 Å². The number of aromatic nitrogens is 2. The molecule has 0 saturated heterocycles. The molecule has 110 valence electrons. The van der Waals surface area contributed by atoms with Gasteiger partial charge in [-0.2, -0.15) is 0 Å². The highest BCUT2D eigenvalue weighted by Gasteiger charge is 2.10. The molecule has 0 spiro atoms. The zero-order chi connectivity index (χ0) is 14.4. The minimum atomic E-state index is 0.608. The average molecular weight is 295 g/mol. The normalized spacial score (nSPS) is 11.2. The van der Waals surface area contributed by atoms with Crippen LogP contribution in [0, 0.1) is 0 Å². The van der Waals surface area contributed by atoms with E-state index in [1.54, 1.807) is 18.4 Å². The molecule has 0 aliphatic carbocycles. The summed E-state index contributed by atoms with van der Waals surface area (Å²) in [6.07, 6.45) is 1.74. The molecule has 0 bridgehead atoms. The Bertz CT molecular complexity index is 557. The van der Waals surface area contributed by atoms with Gasteiger partial charge in [-0.1, -0.05) is 6.92 Å². The summed E-state index contributed by atoms with van der Waals surface area (Å²) in [6, 6.07) is 2.17. The van der Waals surface area contributed by atoms with E-state index in [9.17, 15) is 0 Å². The van der Waals surface area contributed by atoms with Crippen molar-refractivity contribution < 1.29 is 9.47 Å². The Morgan fingerprint density at radius 2 is 2.10 bits per heavy atom. The largest absolute Gasteiger partial charge is 0.382 e. The summed E-state index contributed by atoms with van der Waals surface area (Å²) in [5, 5.41) is 4.26. The predicted molar refractivity (Wildman–Crippen MR) is 82.7 cm³/mol. The molecule has 0 atom stereocenters. The summed E-state index contributed by atoms with van der Waals surface area (Å²) in [4.78, 5) is 11.6. The van der Waals surface area contributed by atoms with Crippen LogP contribution in [0.15, 0.2) is 6.07 Å². The van der Waals surface area contributed by atoms with E-state index in [1.165, 1.54) is 4.88 Å². The summed E-state index contributed by atoms with van der Waals surface area (Å²) in [5.41, 5.74) is 0. The third-order valence-electron chi connectivity index (χ3n) is 2.98. The molecule has 0 saturated carbocycles. The molecule has 2 rings (SSSR count). The number of nitrogens with zero attached hydrogens (tertiary/aromatic N) is 2. The van der Waals surface area contributed by atoms with Gasteiger partial charge in [0, 0.05) is 25.5 Å². The first-order valence-electron chi connectivity index (χ1n) is 6.82. The molecule has 2 heterocycles. The lowest BCUT2D eigenvalue weighted by Gasteiger charge is -2.06. The fourth-order valence-corrected chi connectivity index (χ4v) is 2.89. The molecule has 6 heteroatoms. The van der Waals surface area contributed by atoms with Crippen molar-refractivity contribution >= 4 is 27.4 Å². The van der Waals surface area contributed by atoms with Crippen molar-refractivity contribution in [1.29, 1.82) is 0 Å². The van der Waals surface area contributed by atoms with Gasteiger partial charge in [-0.15, -0.1) is 11.3 Å². The molecule has 0 amide bonds. The Balaban J connectivity index is 2.09. The highest BCUT2D eigenvalue weighted by molar-refractivity contribution is 7.18. The number of fused-ring (bicyclic) bond motifs is 1. The molecule has 2 aromatic rings. The number of methoxy groups -OCH3 is 1. The molecular weight excluding hydrogens is 274 g/mol. The molecule has 2 aromatic heterocycles. The minimum absolute atomic E-state index is 0.608. The van der Waals surface area contributed by atoms with Gasteiger partial charge in [0.15, 0.2) is 0 Å². The van der Waals surface area contributed by atoms with Crippen LogP contribution in [0.3, 0.4) is 0 Å². The quantitative estimate of drug-likeness (QED) is 0.758. The van der Waals surface area contributed by atoms with Crippen molar-refractivity contribution in [3.63, 3.8) is 0 Å². The van der Waals surface area contributed by atoms with Gasteiger partial charge >= 0.3 is 0 Å². The molecule has 0 radical (unpaired) electrons. The summed E-state index contributed by atoms with van der Waals surface area (Å²) in [7, 11) is 3.56. The molecule has 0 fully saturated rings. The van der Waals surface area contributed by atoms with Crippen molar-refractivity contribution in [1.82, 2.24) is 9.97 Å². The van der Waals surface area contributed by atoms with Gasteiger partial charge in [0.05, 0.1) is 25.2 Å². The Kier molecular flexibility index (Phi) is 5.70. The van der Waals surface area contributed by atoms with Crippen LogP contribution in [0.5, 0.6) is 0 Å². The number of anilines is 1. The van der Waals surface area contributed by atoms with E-state index in [2.05, 4.69) is 28.3 Å². The van der Waals surface area contributed by atoms with E-state index in [0.717, 1.165) is 28.3 Å². The summed E-state index contributed by atoms with van der Waals surface area (Å²) in [6.45, 7) is 3.99. The lowest BCUT2D eigenvalue weighted by atomic mass is 10.3. The molecule has 1 N–H and O–H groups in total. The number of hydrogen-bond acceptors (Lipinski definition) is 6. The van der Waals surface area contributed by atoms with Crippen molar-refractivity contribution in [3.8, 4) is 0 Å². The third-order valence-corrected chi connectivity index (χ3v) is 4.15. The van der Waals surface area contributed by atoms with E-state index < -0.39 is 0 Å². The SMILES string of the molecule is CCc1cc2c(NC)nc(CCOCCOC)nc2s1. The number of hydrogen-bond donors (Lipinski definition) is 1. The maximum absolute atomic E-state index is 5.47. The number of nitrogens with one attached hydrogen (secondary N) is 1. The Hall–Kier alpha value is -1.24. The van der Waals surface area contributed by atoms with Crippen LogP contribution in [0.1, 0.15) is 17.6 Å². The number of thiophene rings is 1. The maximum atomic E-state index is 5.47. The van der Waals surface area contributed by atoms with E-state index in [1.807, 2.05) is 7.05 Å². The van der Waals surface area contributed by atoms with Gasteiger partial charge in [-0.25, -0.2) is 9.97 Å². The first kappa shape index (κ1) is 15.2. The number of ether oxygens (including phenoxy) is 2. The average Bonchev–Trinajstić information content (AvgIpc) is 2.89. The minimum Gasteiger partial charge on any atom is -0.382 e. The third kappa shape index (κ3) is 3.65. The van der Waals surface area contributed by atoms with Crippen LogP contribution in [0.25, 0.3) is 10.2 Å². The lowest BCUT2D eigenvalue weighted by Crippen LogP contribution is -2.08. The number of aryl methyl sites for hydroxylation is 1. The Morgan fingerprint density at radius 1 is 1.25 bits per heavy atom. The van der Waals surface area contributed by atoms with Crippen LogP contribution in [0.4, 0.5) is 5.82 Å². The van der Waals surface area contributed by atoms with Crippen LogP contribution in [0.2, 0.25) is 0 Å². The first-order valence-corrected chi connectivity index (χ1v) is 7.64. The fourth-order valence-electron chi connectivity index (χ4n) is 1.90. The molecule has 0 aromatic carbocycles. The van der Waals surface area contributed by atoms with E-state index >= 15 is 0 Å². The highest BCUT2D eigenvalue weighted by atomic mass is 32.1. The van der Waals surface area contributed by atoms with Crippen molar-refractivity contribution in [2.75, 3.05) is 39.3 Å². The summed E-state index contributed by atoms with van der Waals surface area (Å²) in [5.74, 6) is 1.72. The molecule has 0 aliphatic rings. The zero-order valence-electron chi connectivity index (χ0n) is 12.2. The second kappa shape index (κ2) is 7.52. The van der Waals surface area contributed by atoms with E-state index in [-0.39, 0.29) is 0 Å². The smallest absolute Gasteiger partial charge is 0.138 e. The van der Waals surface area contributed by atoms with Gasteiger partial charge in [-0.3, -0.25) is 0 Å². The first-order chi connectivity index (χ1) is 9.78. The van der Waals surface area contributed by atoms with E-state index in [4.69, 9.17) is 9.47 Å². The van der Waals surface area contributed by atoms with Gasteiger partial charge in [0.1, 0.15) is 16.5 Å². The fraction of sp³-hybridized carbons (Fsp3) is 0.571. The lowest BCUT2D eigenvalue weighted by molar-refractivity contribution is 0.0717. The molecule has 20 heavy (non-hydrogen) atoms. The Morgan fingerprint density at radius 3 is 2.80 bits per heavy atom. The van der Waals surface area contributed by atoms with Gasteiger partial charge in [0.25, 0.3) is 0 Å². The summed E-state index contributed by atoms with van der Waals surface area (Å²) >= 11 is 1.74. The molecule has 0 aliphatic heterocycles. The van der Waals surface area contributed by atoms with Crippen molar-refractivity contribution in [2.24, 2.45) is 0 Å². The zero-order valence-corrected chi connectivity index (χ0v) is 13.0. The van der Waals surface area contributed by atoms with Crippen LogP contribution in [-0.2, 0) is 22.3 Å². The van der Waals surface area contributed by atoms with E-state index in [0.29, 0.717) is 26.2 Å². The van der Waals surface area contributed by atoms with Gasteiger partial charge in [0.2, 0.25) is 0 Å². The maximum Gasteiger partial charge on any atom is 0.138 e. The molecule has 5 nitrogen and oxygen atoms in total. The second-order valence-corrected chi connectivity index (χ2v) is 5.49. The highest BCUT2D eigenvalue weighted by Crippen LogP contribution is 2.29. The van der Waals surface area contributed by atoms with Gasteiger partial charge < -0.3 is 14.8 Å². The van der Waals surface area contributed by atoms with Crippen molar-refractivity contribution in [2.45, 2.75) is 19.8 Å². The van der Waals surface area contributed by atoms with Crippen LogP contribution >= 0.6 is 11.3 Å². The predicted octanol–water partition coefficient (Wildman–Crippen LogP) is 2.50. The topological polar surface area (TPSA) is 56.3 Å². The Labute approximate surface area is 123 Å². The monoisotopic (exact) mass is 295 g/mol. The van der Waals surface area contributed by atoms with Crippen LogP contribution in [-0.4, -0.2) is 43.9 Å².